The van der Waals surface area contributed by atoms with E-state index in [1.165, 1.54) is 9.13 Å². The van der Waals surface area contributed by atoms with Crippen molar-refractivity contribution in [2.24, 2.45) is 0 Å². The van der Waals surface area contributed by atoms with Gasteiger partial charge in [0.05, 0.1) is 9.83 Å². The van der Waals surface area contributed by atoms with Gasteiger partial charge in [-0.15, -0.1) is 0 Å². The first-order valence-electron chi connectivity index (χ1n) is 3.24. The molecule has 0 atom stereocenters. The molecule has 1 rings (SSSR count). The van der Waals surface area contributed by atoms with Crippen LogP contribution in [0.5, 0.6) is 0 Å². The molecule has 0 aromatic carbocycles. The van der Waals surface area contributed by atoms with E-state index in [4.69, 9.17) is 4.42 Å². The second-order valence-corrected chi connectivity index (χ2v) is 4.55. The Morgan fingerprint density at radius 3 is 2.10 bits per heavy atom. The minimum atomic E-state index is 0.212. The van der Waals surface area contributed by atoms with Gasteiger partial charge in [-0.25, -0.2) is 0 Å². The molecule has 0 N–H and O–H groups in total. The van der Waals surface area contributed by atoms with E-state index >= 15 is 0 Å². The van der Waals surface area contributed by atoms with Gasteiger partial charge in [0, 0.05) is 5.56 Å². The second-order valence-electron chi connectivity index (χ2n) is 3.38. The summed E-state index contributed by atoms with van der Waals surface area (Å²) < 4.78 is 6.28. The van der Waals surface area contributed by atoms with Gasteiger partial charge in [-0.2, -0.15) is 0 Å². The highest BCUT2D eigenvalue weighted by Gasteiger charge is 2.17. The molecule has 0 fully saturated rings. The van der Waals surface area contributed by atoms with Crippen LogP contribution in [0.4, 0.5) is 0 Å². The molecule has 2 heteroatoms. The SMILES string of the molecule is CC(C)(C)c1cocc1I. The molecule has 1 aromatic rings. The van der Waals surface area contributed by atoms with Crippen molar-refractivity contribution in [3.8, 4) is 0 Å². The molecule has 0 unspecified atom stereocenters. The van der Waals surface area contributed by atoms with Crippen molar-refractivity contribution >= 4 is 22.6 Å². The Balaban J connectivity index is 3.05. The maximum absolute atomic E-state index is 5.06. The van der Waals surface area contributed by atoms with Gasteiger partial charge in [0.25, 0.3) is 0 Å². The van der Waals surface area contributed by atoms with Crippen molar-refractivity contribution in [2.45, 2.75) is 26.2 Å². The predicted molar refractivity (Wildman–Crippen MR) is 50.1 cm³/mol. The number of rotatable bonds is 0. The quantitative estimate of drug-likeness (QED) is 0.644. The van der Waals surface area contributed by atoms with E-state index < -0.39 is 0 Å². The average Bonchev–Trinajstić information content (AvgIpc) is 2.11. The van der Waals surface area contributed by atoms with E-state index in [0.717, 1.165) is 0 Å². The Morgan fingerprint density at radius 2 is 1.90 bits per heavy atom. The Hall–Kier alpha value is 0.01000. The Labute approximate surface area is 74.9 Å². The van der Waals surface area contributed by atoms with Crippen molar-refractivity contribution in [3.05, 3.63) is 21.7 Å². The van der Waals surface area contributed by atoms with Gasteiger partial charge in [-0.05, 0) is 28.0 Å². The summed E-state index contributed by atoms with van der Waals surface area (Å²) in [5.74, 6) is 0. The van der Waals surface area contributed by atoms with Crippen molar-refractivity contribution in [3.63, 3.8) is 0 Å². The first kappa shape index (κ1) is 8.11. The summed E-state index contributed by atoms with van der Waals surface area (Å²) in [6.45, 7) is 6.54. The van der Waals surface area contributed by atoms with Gasteiger partial charge >= 0.3 is 0 Å². The van der Waals surface area contributed by atoms with E-state index in [2.05, 4.69) is 43.4 Å². The van der Waals surface area contributed by atoms with Crippen LogP contribution in [0.25, 0.3) is 0 Å². The van der Waals surface area contributed by atoms with Crippen molar-refractivity contribution in [1.29, 1.82) is 0 Å². The van der Waals surface area contributed by atoms with Crippen LogP contribution in [0, 0.1) is 3.57 Å². The van der Waals surface area contributed by atoms with E-state index in [-0.39, 0.29) is 5.41 Å². The largest absolute Gasteiger partial charge is 0.471 e. The molecule has 0 amide bonds. The van der Waals surface area contributed by atoms with Gasteiger partial charge in [-0.1, -0.05) is 20.8 Å². The van der Waals surface area contributed by atoms with Crippen LogP contribution in [-0.2, 0) is 5.41 Å². The minimum Gasteiger partial charge on any atom is -0.471 e. The van der Waals surface area contributed by atoms with Gasteiger partial charge in [0.1, 0.15) is 6.26 Å². The Morgan fingerprint density at radius 1 is 1.30 bits per heavy atom. The summed E-state index contributed by atoms with van der Waals surface area (Å²) in [7, 11) is 0. The van der Waals surface area contributed by atoms with E-state index in [1.807, 2.05) is 6.26 Å². The first-order valence-corrected chi connectivity index (χ1v) is 4.32. The Bertz CT molecular complexity index is 219. The number of hydrogen-bond donors (Lipinski definition) is 0. The lowest BCUT2D eigenvalue weighted by Gasteiger charge is -2.15. The normalized spacial score (nSPS) is 12.0. The Kier molecular flexibility index (Phi) is 2.08. The molecule has 0 spiro atoms. The molecule has 0 radical (unpaired) electrons. The summed E-state index contributed by atoms with van der Waals surface area (Å²) >= 11 is 2.29. The van der Waals surface area contributed by atoms with E-state index in [0.29, 0.717) is 0 Å². The molecule has 1 nitrogen and oxygen atoms in total. The summed E-state index contributed by atoms with van der Waals surface area (Å²) in [4.78, 5) is 0. The maximum atomic E-state index is 5.06. The molecule has 0 aliphatic carbocycles. The monoisotopic (exact) mass is 250 g/mol. The first-order chi connectivity index (χ1) is 4.52. The summed E-state index contributed by atoms with van der Waals surface area (Å²) in [6.07, 6.45) is 3.60. The van der Waals surface area contributed by atoms with E-state index in [9.17, 15) is 0 Å². The summed E-state index contributed by atoms with van der Waals surface area (Å²) in [5.41, 5.74) is 1.50. The average molecular weight is 250 g/mol. The van der Waals surface area contributed by atoms with Gasteiger partial charge in [0.2, 0.25) is 0 Å². The lowest BCUT2D eigenvalue weighted by atomic mass is 9.89. The predicted octanol–water partition coefficient (Wildman–Crippen LogP) is 3.18. The number of furan rings is 1. The molecule has 1 aromatic heterocycles. The summed E-state index contributed by atoms with van der Waals surface area (Å²) in [5, 5.41) is 0. The molecular formula is C8H11IO. The lowest BCUT2D eigenvalue weighted by molar-refractivity contribution is 0.537. The lowest BCUT2D eigenvalue weighted by Crippen LogP contribution is -2.10. The highest BCUT2D eigenvalue weighted by atomic mass is 127. The van der Waals surface area contributed by atoms with E-state index in [1.54, 1.807) is 6.26 Å². The molecule has 1 heterocycles. The van der Waals surface area contributed by atoms with Gasteiger partial charge < -0.3 is 4.42 Å². The zero-order valence-electron chi connectivity index (χ0n) is 6.44. The topological polar surface area (TPSA) is 13.1 Å². The second kappa shape index (κ2) is 2.57. The van der Waals surface area contributed by atoms with Crippen LogP contribution in [0.3, 0.4) is 0 Å². The summed E-state index contributed by atoms with van der Waals surface area (Å²) in [6, 6.07) is 0. The van der Waals surface area contributed by atoms with Gasteiger partial charge in [-0.3, -0.25) is 0 Å². The molecular weight excluding hydrogens is 239 g/mol. The smallest absolute Gasteiger partial charge is 0.104 e. The fourth-order valence-electron chi connectivity index (χ4n) is 0.817. The van der Waals surface area contributed by atoms with Gasteiger partial charge in [0.15, 0.2) is 0 Å². The molecule has 0 saturated carbocycles. The van der Waals surface area contributed by atoms with Crippen LogP contribution in [0.15, 0.2) is 16.9 Å². The molecule has 0 aliphatic heterocycles. The molecule has 56 valence electrons. The van der Waals surface area contributed by atoms with Crippen LogP contribution in [0.2, 0.25) is 0 Å². The minimum absolute atomic E-state index is 0.212. The molecule has 0 aliphatic rings. The molecule has 10 heavy (non-hydrogen) atoms. The highest BCUT2D eigenvalue weighted by Crippen LogP contribution is 2.27. The molecule has 0 bridgehead atoms. The third kappa shape index (κ3) is 1.54. The highest BCUT2D eigenvalue weighted by molar-refractivity contribution is 14.1. The number of halogens is 1. The fourth-order valence-corrected chi connectivity index (χ4v) is 1.90. The van der Waals surface area contributed by atoms with Crippen LogP contribution >= 0.6 is 22.6 Å². The molecule has 0 saturated heterocycles. The van der Waals surface area contributed by atoms with Crippen molar-refractivity contribution in [2.75, 3.05) is 0 Å². The maximum Gasteiger partial charge on any atom is 0.104 e. The zero-order chi connectivity index (χ0) is 7.78. The third-order valence-electron chi connectivity index (χ3n) is 1.42. The van der Waals surface area contributed by atoms with Crippen LogP contribution < -0.4 is 0 Å². The fraction of sp³-hybridized carbons (Fsp3) is 0.500. The van der Waals surface area contributed by atoms with Crippen LogP contribution in [-0.4, -0.2) is 0 Å². The van der Waals surface area contributed by atoms with Crippen molar-refractivity contribution in [1.82, 2.24) is 0 Å². The zero-order valence-corrected chi connectivity index (χ0v) is 8.60. The van der Waals surface area contributed by atoms with Crippen molar-refractivity contribution < 1.29 is 4.42 Å². The van der Waals surface area contributed by atoms with Crippen LogP contribution in [0.1, 0.15) is 26.3 Å². The number of hydrogen-bond acceptors (Lipinski definition) is 1. The third-order valence-corrected chi connectivity index (χ3v) is 2.26. The standard InChI is InChI=1S/C8H11IO/c1-8(2,3)6-4-10-5-7(6)9/h4-5H,1-3H3.